The van der Waals surface area contributed by atoms with Crippen molar-refractivity contribution in [2.24, 2.45) is 0 Å². The van der Waals surface area contributed by atoms with Crippen molar-refractivity contribution in [3.63, 3.8) is 0 Å². The van der Waals surface area contributed by atoms with E-state index >= 15 is 0 Å². The molecular formula is C30H33ClFN7O3. The second kappa shape index (κ2) is 14.2. The molecule has 42 heavy (non-hydrogen) atoms. The number of halogens is 2. The number of amides is 2. The molecule has 1 aromatic heterocycles. The van der Waals surface area contributed by atoms with Crippen molar-refractivity contribution in [1.82, 2.24) is 19.8 Å². The Bertz CT molecular complexity index is 1520. The number of benzene rings is 3. The molecule has 0 unspecified atom stereocenters. The highest BCUT2D eigenvalue weighted by molar-refractivity contribution is 6.31. The Morgan fingerprint density at radius 2 is 1.67 bits per heavy atom. The molecule has 0 aliphatic carbocycles. The number of nitrogens with zero attached hydrogens (tertiary/aromatic N) is 4. The fraction of sp³-hybridized carbons (Fsp3) is 0.300. The molecule has 220 valence electrons. The van der Waals surface area contributed by atoms with Crippen molar-refractivity contribution >= 4 is 51.4 Å². The molecule has 0 radical (unpaired) electrons. The summed E-state index contributed by atoms with van der Waals surface area (Å²) in [5.41, 5.74) is 2.39. The van der Waals surface area contributed by atoms with E-state index < -0.39 is 11.8 Å². The highest BCUT2D eigenvalue weighted by Gasteiger charge is 2.16. The quantitative estimate of drug-likeness (QED) is 0.176. The van der Waals surface area contributed by atoms with Crippen molar-refractivity contribution in [1.29, 1.82) is 0 Å². The van der Waals surface area contributed by atoms with E-state index in [0.29, 0.717) is 23.8 Å². The first-order valence-corrected chi connectivity index (χ1v) is 14.2. The van der Waals surface area contributed by atoms with Crippen LogP contribution in [0.2, 0.25) is 5.02 Å². The maximum atomic E-state index is 13.4. The molecule has 2 amide bonds. The molecule has 0 atom stereocenters. The van der Waals surface area contributed by atoms with Crippen molar-refractivity contribution in [2.75, 3.05) is 68.4 Å². The smallest absolute Gasteiger partial charge is 0.323 e. The molecule has 0 bridgehead atoms. The van der Waals surface area contributed by atoms with Crippen molar-refractivity contribution in [3.05, 3.63) is 77.8 Å². The molecule has 3 aromatic carbocycles. The lowest BCUT2D eigenvalue weighted by Gasteiger charge is -2.34. The summed E-state index contributed by atoms with van der Waals surface area (Å²) in [5.74, 6) is 0.813. The standard InChI is InChI=1S/C30H33ClFN7O3/c31-26-18-23(5-8-27(26)32)37-30(41)36-22-4-1-3-21(17-22)35-29-25-7-6-24(19-28(25)33-20-34-29)42-16-2-9-38-10-12-39(13-11-38)14-15-40/h1,3-8,17-20,40H,2,9-16H2,(H,33,34,35)(H2,36,37,41). The van der Waals surface area contributed by atoms with Crippen LogP contribution in [0, 0.1) is 5.82 Å². The van der Waals surface area contributed by atoms with Gasteiger partial charge in [0.2, 0.25) is 0 Å². The van der Waals surface area contributed by atoms with E-state index in [1.54, 1.807) is 18.2 Å². The van der Waals surface area contributed by atoms with Gasteiger partial charge in [-0.1, -0.05) is 17.7 Å². The SMILES string of the molecule is O=C(Nc1cccc(Nc2ncnc3cc(OCCCN4CCN(CCO)CC4)ccc23)c1)Nc1ccc(F)c(Cl)c1. The Kier molecular flexibility index (Phi) is 9.98. The number of hydrogen-bond donors (Lipinski definition) is 4. The predicted octanol–water partition coefficient (Wildman–Crippen LogP) is 5.19. The molecule has 1 aliphatic heterocycles. The first-order chi connectivity index (χ1) is 20.5. The maximum absolute atomic E-state index is 13.4. The summed E-state index contributed by atoms with van der Waals surface area (Å²) in [5, 5.41) is 18.5. The summed E-state index contributed by atoms with van der Waals surface area (Å²) in [6.45, 7) is 6.56. The minimum Gasteiger partial charge on any atom is -0.493 e. The van der Waals surface area contributed by atoms with Crippen LogP contribution in [0.3, 0.4) is 0 Å². The number of piperazine rings is 1. The van der Waals surface area contributed by atoms with Crippen LogP contribution in [-0.4, -0.2) is 83.4 Å². The summed E-state index contributed by atoms with van der Waals surface area (Å²) in [7, 11) is 0. The number of carbonyl (C=O) groups is 1. The van der Waals surface area contributed by atoms with Gasteiger partial charge in [-0.15, -0.1) is 0 Å². The largest absolute Gasteiger partial charge is 0.493 e. The fourth-order valence-electron chi connectivity index (χ4n) is 4.76. The summed E-state index contributed by atoms with van der Waals surface area (Å²) >= 11 is 5.79. The van der Waals surface area contributed by atoms with Crippen LogP contribution in [0.15, 0.2) is 67.0 Å². The second-order valence-electron chi connectivity index (χ2n) is 9.92. The molecule has 10 nitrogen and oxygen atoms in total. The van der Waals surface area contributed by atoms with E-state index in [2.05, 4.69) is 35.7 Å². The number of carbonyl (C=O) groups excluding carboxylic acids is 1. The summed E-state index contributed by atoms with van der Waals surface area (Å²) < 4.78 is 19.4. The molecule has 1 aliphatic rings. The van der Waals surface area contributed by atoms with Gasteiger partial charge in [0, 0.05) is 67.8 Å². The van der Waals surface area contributed by atoms with E-state index in [4.69, 9.17) is 21.4 Å². The van der Waals surface area contributed by atoms with Crippen LogP contribution in [0.25, 0.3) is 10.9 Å². The lowest BCUT2D eigenvalue weighted by Crippen LogP contribution is -2.47. The highest BCUT2D eigenvalue weighted by atomic mass is 35.5. The Labute approximate surface area is 248 Å². The number of fused-ring (bicyclic) bond motifs is 1. The van der Waals surface area contributed by atoms with E-state index in [9.17, 15) is 9.18 Å². The van der Waals surface area contributed by atoms with E-state index in [1.807, 2.05) is 24.3 Å². The van der Waals surface area contributed by atoms with Gasteiger partial charge in [-0.2, -0.15) is 0 Å². The van der Waals surface area contributed by atoms with Crippen LogP contribution in [0.1, 0.15) is 6.42 Å². The van der Waals surface area contributed by atoms with Gasteiger partial charge in [0.1, 0.15) is 23.7 Å². The third-order valence-corrected chi connectivity index (χ3v) is 7.23. The highest BCUT2D eigenvalue weighted by Crippen LogP contribution is 2.27. The number of hydrogen-bond acceptors (Lipinski definition) is 8. The number of aromatic nitrogens is 2. The van der Waals surface area contributed by atoms with Gasteiger partial charge in [-0.3, -0.25) is 4.90 Å². The number of ether oxygens (including phenoxy) is 1. The van der Waals surface area contributed by atoms with Gasteiger partial charge < -0.3 is 30.7 Å². The Balaban J connectivity index is 1.14. The third kappa shape index (κ3) is 8.04. The second-order valence-corrected chi connectivity index (χ2v) is 10.3. The summed E-state index contributed by atoms with van der Waals surface area (Å²) in [6.07, 6.45) is 2.42. The monoisotopic (exact) mass is 593 g/mol. The average molecular weight is 594 g/mol. The van der Waals surface area contributed by atoms with Gasteiger partial charge in [-0.25, -0.2) is 19.2 Å². The zero-order valence-corrected chi connectivity index (χ0v) is 23.8. The Morgan fingerprint density at radius 1 is 0.929 bits per heavy atom. The number of aliphatic hydroxyl groups is 1. The number of nitrogens with one attached hydrogen (secondary N) is 3. The fourth-order valence-corrected chi connectivity index (χ4v) is 4.94. The number of aliphatic hydroxyl groups excluding tert-OH is 1. The Morgan fingerprint density at radius 3 is 2.43 bits per heavy atom. The van der Waals surface area contributed by atoms with E-state index in [0.717, 1.165) is 68.0 Å². The molecule has 2 heterocycles. The zero-order chi connectivity index (χ0) is 29.3. The molecule has 4 aromatic rings. The minimum absolute atomic E-state index is 0.0738. The number of urea groups is 1. The van der Waals surface area contributed by atoms with Gasteiger partial charge in [-0.05, 0) is 55.0 Å². The minimum atomic E-state index is -0.557. The molecular weight excluding hydrogens is 561 g/mol. The average Bonchev–Trinajstić information content (AvgIpc) is 2.98. The van der Waals surface area contributed by atoms with E-state index in [1.165, 1.54) is 24.5 Å². The normalized spacial score (nSPS) is 14.1. The van der Waals surface area contributed by atoms with Crippen molar-refractivity contribution in [3.8, 4) is 5.75 Å². The molecule has 4 N–H and O–H groups in total. The number of anilines is 4. The van der Waals surface area contributed by atoms with E-state index in [-0.39, 0.29) is 11.6 Å². The first kappa shape index (κ1) is 29.5. The van der Waals surface area contributed by atoms with Gasteiger partial charge in [0.15, 0.2) is 0 Å². The predicted molar refractivity (Wildman–Crippen MR) is 163 cm³/mol. The maximum Gasteiger partial charge on any atom is 0.323 e. The molecule has 1 fully saturated rings. The molecule has 0 saturated carbocycles. The topological polar surface area (TPSA) is 115 Å². The molecule has 12 heteroatoms. The third-order valence-electron chi connectivity index (χ3n) is 6.94. The lowest BCUT2D eigenvalue weighted by atomic mass is 10.2. The van der Waals surface area contributed by atoms with Gasteiger partial charge in [0.25, 0.3) is 0 Å². The molecule has 0 spiro atoms. The van der Waals surface area contributed by atoms with Crippen LogP contribution >= 0.6 is 11.6 Å². The Hall–Kier alpha value is -4.03. The first-order valence-electron chi connectivity index (χ1n) is 13.8. The number of β-amino-alcohol motifs (C(OH)–C–C–N with tert-alkyl or cyclic N) is 1. The summed E-state index contributed by atoms with van der Waals surface area (Å²) in [6, 6.07) is 16.4. The zero-order valence-electron chi connectivity index (χ0n) is 23.0. The van der Waals surface area contributed by atoms with Crippen molar-refractivity contribution < 1.29 is 19.0 Å². The number of rotatable bonds is 11. The van der Waals surface area contributed by atoms with Crippen molar-refractivity contribution in [2.45, 2.75) is 6.42 Å². The lowest BCUT2D eigenvalue weighted by molar-refractivity contribution is 0.108. The van der Waals surface area contributed by atoms with Crippen LogP contribution in [0.4, 0.5) is 32.1 Å². The van der Waals surface area contributed by atoms with Crippen LogP contribution in [-0.2, 0) is 0 Å². The van der Waals surface area contributed by atoms with Gasteiger partial charge in [0.05, 0.1) is 23.8 Å². The summed E-state index contributed by atoms with van der Waals surface area (Å²) in [4.78, 5) is 26.0. The van der Waals surface area contributed by atoms with Crippen LogP contribution in [0.5, 0.6) is 5.75 Å². The van der Waals surface area contributed by atoms with Gasteiger partial charge >= 0.3 is 6.03 Å². The molecule has 1 saturated heterocycles. The van der Waals surface area contributed by atoms with Crippen LogP contribution < -0.4 is 20.7 Å². The molecule has 5 rings (SSSR count).